The Kier molecular flexibility index (Phi) is 11.2. The third-order valence-corrected chi connectivity index (χ3v) is 9.19. The number of pyridine rings is 1. The van der Waals surface area contributed by atoms with Crippen molar-refractivity contribution >= 4 is 16.2 Å². The maximum absolute atomic E-state index is 13.4. The molecule has 3 heterocycles. The Balaban J connectivity index is 0.000000505. The van der Waals surface area contributed by atoms with E-state index in [1.807, 2.05) is 12.1 Å². The molecular formula is C24H37F3N4O6S. The van der Waals surface area contributed by atoms with Gasteiger partial charge in [0.15, 0.2) is 0 Å². The van der Waals surface area contributed by atoms with Crippen molar-refractivity contribution in [1.29, 1.82) is 0 Å². The minimum Gasteiger partial charge on any atom is -0.477 e. The molecule has 1 aromatic heterocycles. The van der Waals surface area contributed by atoms with Gasteiger partial charge in [0.05, 0.1) is 19.8 Å². The summed E-state index contributed by atoms with van der Waals surface area (Å²) in [5.74, 6) is -1.04. The summed E-state index contributed by atoms with van der Waals surface area (Å²) in [6.45, 7) is 3.84. The maximum Gasteiger partial charge on any atom is 0.490 e. The Bertz CT molecular complexity index is 1000. The minimum absolute atomic E-state index is 0.153. The largest absolute Gasteiger partial charge is 0.490 e. The van der Waals surface area contributed by atoms with Crippen molar-refractivity contribution in [3.05, 3.63) is 23.9 Å². The molecule has 4 rings (SSSR count). The SMILES string of the molecule is NCc1ccnc(OC[C@H]2C[C@@H](C3CCCCC3)CN(S(=O)(=O)N3CCOCC3)C2)c1.O=C(O)C(F)(F)F. The Morgan fingerprint density at radius 1 is 1.13 bits per heavy atom. The molecule has 3 fully saturated rings. The molecule has 1 saturated carbocycles. The number of carbonyl (C=O) groups is 1. The molecule has 0 bridgehead atoms. The Morgan fingerprint density at radius 3 is 2.39 bits per heavy atom. The number of ether oxygens (including phenoxy) is 2. The summed E-state index contributed by atoms with van der Waals surface area (Å²) >= 11 is 0. The number of halogens is 3. The molecule has 2 aliphatic heterocycles. The Hall–Kier alpha value is -2.00. The second-order valence-corrected chi connectivity index (χ2v) is 11.8. The highest BCUT2D eigenvalue weighted by molar-refractivity contribution is 7.86. The Labute approximate surface area is 221 Å². The minimum atomic E-state index is -5.08. The van der Waals surface area contributed by atoms with Gasteiger partial charge in [0, 0.05) is 50.9 Å². The van der Waals surface area contributed by atoms with Gasteiger partial charge in [0.2, 0.25) is 5.88 Å². The molecule has 1 aromatic rings. The highest BCUT2D eigenvalue weighted by Gasteiger charge is 2.40. The summed E-state index contributed by atoms with van der Waals surface area (Å²) in [6, 6.07) is 3.74. The number of aromatic nitrogens is 1. The molecule has 0 amide bonds. The van der Waals surface area contributed by atoms with Crippen molar-refractivity contribution in [2.75, 3.05) is 46.0 Å². The second-order valence-electron chi connectivity index (χ2n) is 9.92. The van der Waals surface area contributed by atoms with E-state index in [2.05, 4.69) is 4.98 Å². The van der Waals surface area contributed by atoms with Gasteiger partial charge in [-0.3, -0.25) is 0 Å². The molecule has 0 unspecified atom stereocenters. The maximum atomic E-state index is 13.4. The number of morpholine rings is 1. The van der Waals surface area contributed by atoms with E-state index in [0.29, 0.717) is 70.3 Å². The number of carboxylic acid groups (broad SMARTS) is 1. The van der Waals surface area contributed by atoms with Crippen LogP contribution in [0.5, 0.6) is 5.88 Å². The van der Waals surface area contributed by atoms with Gasteiger partial charge in [-0.15, -0.1) is 0 Å². The number of nitrogens with zero attached hydrogens (tertiary/aromatic N) is 3. The van der Waals surface area contributed by atoms with E-state index in [-0.39, 0.29) is 5.92 Å². The predicted octanol–water partition coefficient (Wildman–Crippen LogP) is 2.65. The monoisotopic (exact) mass is 566 g/mol. The molecule has 0 radical (unpaired) electrons. The standard InChI is InChI=1S/C22H36N4O4S.C2HF3O2/c23-14-18-6-7-24-22(13-18)30-17-19-12-21(20-4-2-1-3-5-20)16-26(15-19)31(27,28)25-8-10-29-11-9-25;3-2(4,5)1(6)7/h6-7,13,19-21H,1-5,8-12,14-17,23H2;(H,6,7)/t19-,21+;/m0./s1. The quantitative estimate of drug-likeness (QED) is 0.514. The fourth-order valence-electron chi connectivity index (χ4n) is 5.26. The van der Waals surface area contributed by atoms with Crippen LogP contribution in [0.1, 0.15) is 44.1 Å². The third-order valence-electron chi connectivity index (χ3n) is 7.22. The fraction of sp³-hybridized carbons (Fsp3) is 0.750. The molecule has 14 heteroatoms. The lowest BCUT2D eigenvalue weighted by Gasteiger charge is -2.43. The third kappa shape index (κ3) is 8.76. The van der Waals surface area contributed by atoms with Crippen molar-refractivity contribution in [2.45, 2.75) is 51.2 Å². The van der Waals surface area contributed by atoms with Crippen LogP contribution in [0.4, 0.5) is 13.2 Å². The first kappa shape index (κ1) is 30.5. The molecule has 0 aromatic carbocycles. The van der Waals surface area contributed by atoms with E-state index >= 15 is 0 Å². The smallest absolute Gasteiger partial charge is 0.477 e. The molecule has 10 nitrogen and oxygen atoms in total. The molecule has 3 N–H and O–H groups in total. The van der Waals surface area contributed by atoms with E-state index < -0.39 is 22.4 Å². The molecule has 0 spiro atoms. The zero-order valence-electron chi connectivity index (χ0n) is 21.3. The number of piperidine rings is 1. The van der Waals surface area contributed by atoms with Crippen LogP contribution in [-0.4, -0.2) is 85.3 Å². The number of nitrogens with two attached hydrogens (primary N) is 1. The molecule has 2 atom stereocenters. The van der Waals surface area contributed by atoms with E-state index in [4.69, 9.17) is 25.1 Å². The van der Waals surface area contributed by atoms with Crippen molar-refractivity contribution < 1.29 is 41.0 Å². The van der Waals surface area contributed by atoms with Crippen molar-refractivity contribution in [3.8, 4) is 5.88 Å². The van der Waals surface area contributed by atoms with Crippen LogP contribution in [0.2, 0.25) is 0 Å². The van der Waals surface area contributed by atoms with Gasteiger partial charge in [-0.25, -0.2) is 9.78 Å². The van der Waals surface area contributed by atoms with E-state index in [1.165, 1.54) is 32.1 Å². The van der Waals surface area contributed by atoms with Crippen LogP contribution in [-0.2, 0) is 26.3 Å². The van der Waals surface area contributed by atoms with Gasteiger partial charge >= 0.3 is 12.1 Å². The summed E-state index contributed by atoms with van der Waals surface area (Å²) in [6.07, 6.45) is 3.87. The van der Waals surface area contributed by atoms with Gasteiger partial charge < -0.3 is 20.3 Å². The molecule has 1 aliphatic carbocycles. The van der Waals surface area contributed by atoms with Crippen LogP contribution >= 0.6 is 0 Å². The van der Waals surface area contributed by atoms with Crippen LogP contribution < -0.4 is 10.5 Å². The summed E-state index contributed by atoms with van der Waals surface area (Å²) < 4.78 is 73.2. The number of rotatable bonds is 7. The normalized spacial score (nSPS) is 24.3. The molecular weight excluding hydrogens is 529 g/mol. The first-order chi connectivity index (χ1) is 18.0. The van der Waals surface area contributed by atoms with Gasteiger partial charge in [0.1, 0.15) is 0 Å². The van der Waals surface area contributed by atoms with E-state index in [0.717, 1.165) is 12.0 Å². The van der Waals surface area contributed by atoms with Crippen LogP contribution in [0, 0.1) is 17.8 Å². The molecule has 3 aliphatic rings. The summed E-state index contributed by atoms with van der Waals surface area (Å²) in [7, 11) is -3.48. The fourth-order valence-corrected chi connectivity index (χ4v) is 6.97. The number of carboxylic acids is 1. The zero-order valence-corrected chi connectivity index (χ0v) is 22.1. The highest BCUT2D eigenvalue weighted by atomic mass is 32.2. The van der Waals surface area contributed by atoms with E-state index in [9.17, 15) is 21.6 Å². The second kappa shape index (κ2) is 13.9. The van der Waals surface area contributed by atoms with Gasteiger partial charge in [-0.1, -0.05) is 32.1 Å². The van der Waals surface area contributed by atoms with Gasteiger partial charge in [0.25, 0.3) is 10.2 Å². The Morgan fingerprint density at radius 2 is 1.79 bits per heavy atom. The average molecular weight is 567 g/mol. The average Bonchev–Trinajstić information content (AvgIpc) is 2.92. The summed E-state index contributed by atoms with van der Waals surface area (Å²) in [4.78, 5) is 13.2. The number of hydrogen-bond acceptors (Lipinski definition) is 7. The van der Waals surface area contributed by atoms with Crippen molar-refractivity contribution in [2.24, 2.45) is 23.5 Å². The zero-order chi connectivity index (χ0) is 27.8. The summed E-state index contributed by atoms with van der Waals surface area (Å²) in [5.41, 5.74) is 6.70. The predicted molar refractivity (Wildman–Crippen MR) is 132 cm³/mol. The van der Waals surface area contributed by atoms with Gasteiger partial charge in [-0.2, -0.15) is 30.2 Å². The first-order valence-corrected chi connectivity index (χ1v) is 14.3. The van der Waals surface area contributed by atoms with Crippen molar-refractivity contribution in [1.82, 2.24) is 13.6 Å². The lowest BCUT2D eigenvalue weighted by Crippen LogP contribution is -2.54. The molecule has 216 valence electrons. The van der Waals surface area contributed by atoms with E-state index in [1.54, 1.807) is 14.8 Å². The van der Waals surface area contributed by atoms with Crippen LogP contribution in [0.3, 0.4) is 0 Å². The molecule has 2 saturated heterocycles. The number of aliphatic carboxylic acids is 1. The van der Waals surface area contributed by atoms with Gasteiger partial charge in [-0.05, 0) is 29.9 Å². The van der Waals surface area contributed by atoms with Crippen LogP contribution in [0.15, 0.2) is 18.3 Å². The van der Waals surface area contributed by atoms with Crippen LogP contribution in [0.25, 0.3) is 0 Å². The lowest BCUT2D eigenvalue weighted by atomic mass is 9.75. The molecule has 38 heavy (non-hydrogen) atoms. The summed E-state index contributed by atoms with van der Waals surface area (Å²) in [5, 5.41) is 7.12. The van der Waals surface area contributed by atoms with Crippen molar-refractivity contribution in [3.63, 3.8) is 0 Å². The number of alkyl halides is 3. The highest BCUT2D eigenvalue weighted by Crippen LogP contribution is 2.37. The first-order valence-electron chi connectivity index (χ1n) is 12.9. The number of hydrogen-bond donors (Lipinski definition) is 2. The topological polar surface area (TPSA) is 135 Å². The lowest BCUT2D eigenvalue weighted by molar-refractivity contribution is -0.192.